The second-order valence-electron chi connectivity index (χ2n) is 8.14. The van der Waals surface area contributed by atoms with Gasteiger partial charge in [0.15, 0.2) is 0 Å². The fraction of sp³-hybridized carbons (Fsp3) is 0.409. The van der Waals surface area contributed by atoms with E-state index in [0.717, 1.165) is 46.9 Å². The summed E-state index contributed by atoms with van der Waals surface area (Å²) in [7, 11) is -1.28. The van der Waals surface area contributed by atoms with Crippen LogP contribution in [0.3, 0.4) is 0 Å². The van der Waals surface area contributed by atoms with Gasteiger partial charge >= 0.3 is 0 Å². The summed E-state index contributed by atoms with van der Waals surface area (Å²) in [6, 6.07) is 4.64. The zero-order chi connectivity index (χ0) is 20.8. The summed E-state index contributed by atoms with van der Waals surface area (Å²) >= 11 is 0. The molecule has 0 radical (unpaired) electrons. The number of rotatable bonds is 5. The molecule has 7 heteroatoms. The van der Waals surface area contributed by atoms with Crippen molar-refractivity contribution in [3.05, 3.63) is 64.4 Å². The van der Waals surface area contributed by atoms with Crippen LogP contribution in [-0.2, 0) is 16.6 Å². The minimum Gasteiger partial charge on any atom is -0.284 e. The molecule has 0 aromatic heterocycles. The van der Waals surface area contributed by atoms with Crippen molar-refractivity contribution < 1.29 is 13.2 Å². The maximum Gasteiger partial charge on any atom is 0.269 e. The molecule has 0 atom stereocenters. The molecule has 1 aromatic rings. The molecule has 4 rings (SSSR count). The van der Waals surface area contributed by atoms with Gasteiger partial charge in [-0.3, -0.25) is 14.5 Å². The number of hydrogen-bond donors (Lipinski definition) is 1. The zero-order valence-electron chi connectivity index (χ0n) is 17.1. The number of hydrazine groups is 1. The van der Waals surface area contributed by atoms with Gasteiger partial charge in [0.25, 0.3) is 5.91 Å². The van der Waals surface area contributed by atoms with E-state index in [2.05, 4.69) is 21.9 Å². The predicted molar refractivity (Wildman–Crippen MR) is 114 cm³/mol. The fourth-order valence-corrected chi connectivity index (χ4v) is 4.76. The van der Waals surface area contributed by atoms with Crippen LogP contribution in [0, 0.1) is 6.92 Å². The highest BCUT2D eigenvalue weighted by Crippen LogP contribution is 2.34. The Morgan fingerprint density at radius 1 is 1.24 bits per heavy atom. The van der Waals surface area contributed by atoms with Gasteiger partial charge in [-0.15, -0.1) is 0 Å². The van der Waals surface area contributed by atoms with Crippen molar-refractivity contribution in [1.29, 1.82) is 0 Å². The van der Waals surface area contributed by atoms with E-state index in [4.69, 9.17) is 0 Å². The van der Waals surface area contributed by atoms with E-state index < -0.39 is 10.0 Å². The lowest BCUT2D eigenvalue weighted by atomic mass is 9.93. The van der Waals surface area contributed by atoms with Crippen molar-refractivity contribution in [2.75, 3.05) is 13.3 Å². The normalized spacial score (nSPS) is 19.6. The first-order valence-corrected chi connectivity index (χ1v) is 11.9. The number of nitrogens with one attached hydrogen (secondary N) is 1. The Kier molecular flexibility index (Phi) is 5.12. The molecule has 0 unspecified atom stereocenters. The number of amides is 1. The summed E-state index contributed by atoms with van der Waals surface area (Å²) in [5.74, 6) is 0.0905. The summed E-state index contributed by atoms with van der Waals surface area (Å²) in [5, 5.41) is 3.99. The van der Waals surface area contributed by atoms with Crippen molar-refractivity contribution in [2.45, 2.75) is 45.2 Å². The average Bonchev–Trinajstić information content (AvgIpc) is 2.76. The van der Waals surface area contributed by atoms with Crippen LogP contribution in [-0.4, -0.2) is 43.7 Å². The molecule has 2 aliphatic carbocycles. The first kappa shape index (κ1) is 19.9. The Balaban J connectivity index is 1.58. The number of allylic oxidation sites excluding steroid dienone is 5. The second-order valence-corrected chi connectivity index (χ2v) is 9.89. The molecule has 0 bridgehead atoms. The molecule has 3 aliphatic rings. The van der Waals surface area contributed by atoms with Crippen molar-refractivity contribution in [2.24, 2.45) is 0 Å². The van der Waals surface area contributed by atoms with Crippen LogP contribution >= 0.6 is 0 Å². The minimum absolute atomic E-state index is 0.0905. The number of carbonyl (C=O) groups excluding carboxylic acids is 1. The van der Waals surface area contributed by atoms with Crippen molar-refractivity contribution in [1.82, 2.24) is 14.7 Å². The number of nitrogens with zero attached hydrogens (tertiary/aromatic N) is 2. The smallest absolute Gasteiger partial charge is 0.269 e. The lowest BCUT2D eigenvalue weighted by molar-refractivity contribution is -0.0402. The number of fused-ring (bicyclic) bond motifs is 1. The molecule has 29 heavy (non-hydrogen) atoms. The molecule has 1 heterocycles. The molecule has 6 nitrogen and oxygen atoms in total. The summed E-state index contributed by atoms with van der Waals surface area (Å²) in [5.41, 5.74) is 5.60. The van der Waals surface area contributed by atoms with Gasteiger partial charge in [0.1, 0.15) is 0 Å². The molecule has 1 aliphatic heterocycles. The maximum atomic E-state index is 13.0. The molecule has 154 valence electrons. The van der Waals surface area contributed by atoms with Gasteiger partial charge in [0.05, 0.1) is 12.8 Å². The number of sulfonamides is 1. The van der Waals surface area contributed by atoms with E-state index >= 15 is 0 Å². The summed E-state index contributed by atoms with van der Waals surface area (Å²) in [4.78, 5) is 13.0. The van der Waals surface area contributed by atoms with Gasteiger partial charge in [-0.1, -0.05) is 30.7 Å². The standard InChI is InChI=1S/C22H27N3O3S/c1-15-12-17(16-6-4-7-19(11-10-16)23-29(3,27)28)13-18-14-25(22(26)21(15)18)24(2)20-8-5-9-20/h4,6-7,11-13,20,23H,5,8-10,14H2,1-3H3. The molecule has 1 saturated carbocycles. The highest BCUT2D eigenvalue weighted by Gasteiger charge is 2.36. The van der Waals surface area contributed by atoms with E-state index in [1.165, 1.54) is 6.42 Å². The topological polar surface area (TPSA) is 69.7 Å². The van der Waals surface area contributed by atoms with Gasteiger partial charge in [0, 0.05) is 24.4 Å². The molecular formula is C22H27N3O3S. The molecule has 0 saturated heterocycles. The quantitative estimate of drug-likeness (QED) is 0.805. The zero-order valence-corrected chi connectivity index (χ0v) is 17.9. The Morgan fingerprint density at radius 2 is 2.00 bits per heavy atom. The molecule has 1 aromatic carbocycles. The fourth-order valence-electron chi connectivity index (χ4n) is 4.18. The first-order chi connectivity index (χ1) is 13.7. The first-order valence-electron chi connectivity index (χ1n) is 9.96. The highest BCUT2D eigenvalue weighted by atomic mass is 32.2. The Hall–Kier alpha value is -2.38. The van der Waals surface area contributed by atoms with Gasteiger partial charge in [0.2, 0.25) is 10.0 Å². The number of aryl methyl sites for hydroxylation is 1. The Morgan fingerprint density at radius 3 is 2.66 bits per heavy atom. The average molecular weight is 414 g/mol. The third-order valence-corrected chi connectivity index (χ3v) is 6.57. The van der Waals surface area contributed by atoms with Crippen LogP contribution in [0.2, 0.25) is 0 Å². The molecule has 0 spiro atoms. The Labute approximate surface area is 172 Å². The van der Waals surface area contributed by atoms with Gasteiger partial charge < -0.3 is 0 Å². The van der Waals surface area contributed by atoms with Crippen LogP contribution in [0.5, 0.6) is 0 Å². The van der Waals surface area contributed by atoms with E-state index in [1.54, 1.807) is 6.08 Å². The third-order valence-electron chi connectivity index (χ3n) is 5.96. The summed E-state index contributed by atoms with van der Waals surface area (Å²) in [6.45, 7) is 2.60. The van der Waals surface area contributed by atoms with E-state index in [9.17, 15) is 13.2 Å². The van der Waals surface area contributed by atoms with Crippen LogP contribution < -0.4 is 4.72 Å². The van der Waals surface area contributed by atoms with Crippen molar-refractivity contribution in [3.8, 4) is 0 Å². The molecule has 1 N–H and O–H groups in total. The monoisotopic (exact) mass is 413 g/mol. The lowest BCUT2D eigenvalue weighted by Crippen LogP contribution is -2.49. The van der Waals surface area contributed by atoms with Gasteiger partial charge in [-0.05, 0) is 60.6 Å². The number of hydrogen-bond acceptors (Lipinski definition) is 4. The largest absolute Gasteiger partial charge is 0.284 e. The van der Waals surface area contributed by atoms with Gasteiger partial charge in [-0.25, -0.2) is 13.4 Å². The van der Waals surface area contributed by atoms with Crippen molar-refractivity contribution in [3.63, 3.8) is 0 Å². The summed E-state index contributed by atoms with van der Waals surface area (Å²) in [6.07, 6.45) is 12.8. The van der Waals surface area contributed by atoms with Crippen LogP contribution in [0.1, 0.15) is 52.7 Å². The van der Waals surface area contributed by atoms with Crippen LogP contribution in [0.25, 0.3) is 5.57 Å². The highest BCUT2D eigenvalue weighted by molar-refractivity contribution is 7.88. The lowest BCUT2D eigenvalue weighted by Gasteiger charge is -2.39. The van der Waals surface area contributed by atoms with Crippen LogP contribution in [0.4, 0.5) is 0 Å². The maximum absolute atomic E-state index is 13.0. The van der Waals surface area contributed by atoms with E-state index in [0.29, 0.717) is 24.7 Å². The van der Waals surface area contributed by atoms with Crippen molar-refractivity contribution >= 4 is 21.5 Å². The van der Waals surface area contributed by atoms with E-state index in [-0.39, 0.29) is 5.91 Å². The molecular weight excluding hydrogens is 386 g/mol. The molecule has 1 amide bonds. The van der Waals surface area contributed by atoms with Gasteiger partial charge in [-0.2, -0.15) is 0 Å². The number of benzene rings is 1. The molecule has 1 fully saturated rings. The van der Waals surface area contributed by atoms with E-state index in [1.807, 2.05) is 37.2 Å². The Bertz CT molecular complexity index is 1050. The number of carbonyl (C=O) groups is 1. The van der Waals surface area contributed by atoms with Crippen LogP contribution in [0.15, 0.2) is 42.1 Å². The predicted octanol–water partition coefficient (Wildman–Crippen LogP) is 3.13. The second kappa shape index (κ2) is 7.46. The minimum atomic E-state index is -3.30. The summed E-state index contributed by atoms with van der Waals surface area (Å²) < 4.78 is 25.5. The SMILES string of the molecule is Cc1cc(C2=CC=CC(NS(C)(=O)=O)=CC2)cc2c1C(=O)N(N(C)C1CCC1)C2. The third kappa shape index (κ3) is 4.02.